The highest BCUT2D eigenvalue weighted by molar-refractivity contribution is 7.89. The van der Waals surface area contributed by atoms with Gasteiger partial charge in [-0.1, -0.05) is 32.0 Å². The number of anilines is 2. The molecule has 0 spiro atoms. The van der Waals surface area contributed by atoms with E-state index in [1.165, 1.54) is 29.1 Å². The highest BCUT2D eigenvalue weighted by Crippen LogP contribution is 2.32. The van der Waals surface area contributed by atoms with Gasteiger partial charge in [0.25, 0.3) is 0 Å². The number of carbonyl (C=O) groups is 1. The molecule has 2 aromatic rings. The van der Waals surface area contributed by atoms with Crippen molar-refractivity contribution in [1.82, 2.24) is 4.31 Å². The summed E-state index contributed by atoms with van der Waals surface area (Å²) in [6.07, 6.45) is 1.86. The molecule has 8 heteroatoms. The first-order chi connectivity index (χ1) is 14.8. The van der Waals surface area contributed by atoms with Crippen molar-refractivity contribution in [3.8, 4) is 5.75 Å². The lowest BCUT2D eigenvalue weighted by molar-refractivity contribution is -0.117. The first kappa shape index (κ1) is 23.1. The number of benzene rings is 2. The zero-order chi connectivity index (χ0) is 22.6. The number of fused-ring (bicyclic) bond motifs is 1. The minimum atomic E-state index is -3.61. The van der Waals surface area contributed by atoms with Crippen LogP contribution in [0.25, 0.3) is 0 Å². The van der Waals surface area contributed by atoms with E-state index < -0.39 is 10.0 Å². The molecule has 0 fully saturated rings. The van der Waals surface area contributed by atoms with Crippen LogP contribution >= 0.6 is 0 Å². The lowest BCUT2D eigenvalue weighted by Gasteiger charge is -2.35. The Labute approximate surface area is 185 Å². The van der Waals surface area contributed by atoms with E-state index in [1.807, 2.05) is 30.0 Å². The number of sulfonamides is 1. The summed E-state index contributed by atoms with van der Waals surface area (Å²) in [7, 11) is -2.10. The predicted octanol–water partition coefficient (Wildman–Crippen LogP) is 3.51. The van der Waals surface area contributed by atoms with Crippen LogP contribution in [0.2, 0.25) is 0 Å². The fraction of sp³-hybridized carbons (Fsp3) is 0.435. The van der Waals surface area contributed by atoms with E-state index in [0.29, 0.717) is 24.5 Å². The summed E-state index contributed by atoms with van der Waals surface area (Å²) in [5, 5.41) is 3.10. The summed E-state index contributed by atoms with van der Waals surface area (Å²) >= 11 is 0. The smallest absolute Gasteiger partial charge is 0.246 e. The van der Waals surface area contributed by atoms with Gasteiger partial charge in [0.15, 0.2) is 0 Å². The molecule has 1 aliphatic rings. The molecule has 1 N–H and O–H groups in total. The Kier molecular flexibility index (Phi) is 7.23. The van der Waals surface area contributed by atoms with Crippen LogP contribution in [0.4, 0.5) is 11.4 Å². The molecule has 0 radical (unpaired) electrons. The van der Waals surface area contributed by atoms with E-state index in [-0.39, 0.29) is 23.4 Å². The third-order valence-corrected chi connectivity index (χ3v) is 7.78. The molecule has 0 bridgehead atoms. The van der Waals surface area contributed by atoms with Gasteiger partial charge in [0.05, 0.1) is 24.2 Å². The van der Waals surface area contributed by atoms with Crippen molar-refractivity contribution in [1.29, 1.82) is 0 Å². The van der Waals surface area contributed by atoms with Crippen LogP contribution in [-0.2, 0) is 21.2 Å². The quantitative estimate of drug-likeness (QED) is 0.673. The van der Waals surface area contributed by atoms with Crippen LogP contribution in [0.5, 0.6) is 5.75 Å². The normalized spacial score (nSPS) is 16.2. The van der Waals surface area contributed by atoms with E-state index in [1.54, 1.807) is 19.9 Å². The summed E-state index contributed by atoms with van der Waals surface area (Å²) in [5.74, 6) is 0.414. The molecular formula is C23H31N3O4S. The summed E-state index contributed by atoms with van der Waals surface area (Å²) < 4.78 is 32.6. The van der Waals surface area contributed by atoms with E-state index in [0.717, 1.165) is 18.5 Å². The molecule has 7 nitrogen and oxygen atoms in total. The zero-order valence-electron chi connectivity index (χ0n) is 18.6. The van der Waals surface area contributed by atoms with Gasteiger partial charge in [-0.3, -0.25) is 4.79 Å². The van der Waals surface area contributed by atoms with Gasteiger partial charge in [-0.05, 0) is 49.6 Å². The van der Waals surface area contributed by atoms with Crippen molar-refractivity contribution in [2.24, 2.45) is 0 Å². The lowest BCUT2D eigenvalue weighted by atomic mass is 9.96. The second-order valence-corrected chi connectivity index (χ2v) is 9.52. The Morgan fingerprint density at radius 1 is 1.19 bits per heavy atom. The molecule has 0 aliphatic carbocycles. The summed E-state index contributed by atoms with van der Waals surface area (Å²) in [6, 6.07) is 12.7. The van der Waals surface area contributed by atoms with Crippen molar-refractivity contribution in [3.05, 3.63) is 48.0 Å². The van der Waals surface area contributed by atoms with Crippen LogP contribution in [0.3, 0.4) is 0 Å². The second-order valence-electron chi connectivity index (χ2n) is 7.59. The SMILES string of the molecule is CCN(CC)S(=O)(=O)c1ccc(OC)c(NCC(=O)N2c3ccccc3CCC2C)c1. The summed E-state index contributed by atoms with van der Waals surface area (Å²) in [5.41, 5.74) is 2.58. The largest absolute Gasteiger partial charge is 0.495 e. The molecule has 1 amide bonds. The van der Waals surface area contributed by atoms with Gasteiger partial charge in [-0.25, -0.2) is 8.42 Å². The van der Waals surface area contributed by atoms with Gasteiger partial charge in [0.1, 0.15) is 5.75 Å². The van der Waals surface area contributed by atoms with Crippen LogP contribution < -0.4 is 15.0 Å². The van der Waals surface area contributed by atoms with Gasteiger partial charge in [-0.2, -0.15) is 4.31 Å². The number of carbonyl (C=O) groups excluding carboxylic acids is 1. The summed E-state index contributed by atoms with van der Waals surface area (Å²) in [4.78, 5) is 15.1. The molecule has 0 saturated heterocycles. The Morgan fingerprint density at radius 2 is 1.90 bits per heavy atom. The number of rotatable bonds is 8. The first-order valence-electron chi connectivity index (χ1n) is 10.7. The number of para-hydroxylation sites is 1. The van der Waals surface area contributed by atoms with Gasteiger partial charge < -0.3 is 15.0 Å². The molecule has 31 heavy (non-hydrogen) atoms. The maximum atomic E-state index is 13.1. The topological polar surface area (TPSA) is 79.0 Å². The molecule has 1 atom stereocenters. The van der Waals surface area contributed by atoms with Crippen LogP contribution in [0.15, 0.2) is 47.4 Å². The summed E-state index contributed by atoms with van der Waals surface area (Å²) in [6.45, 7) is 6.46. The molecule has 1 heterocycles. The van der Waals surface area contributed by atoms with Crippen molar-refractivity contribution in [3.63, 3.8) is 0 Å². The molecule has 0 aromatic heterocycles. The third kappa shape index (κ3) is 4.70. The number of nitrogens with zero attached hydrogens (tertiary/aromatic N) is 2. The monoisotopic (exact) mass is 445 g/mol. The van der Waals surface area contributed by atoms with Crippen molar-refractivity contribution in [2.75, 3.05) is 37.0 Å². The predicted molar refractivity (Wildman–Crippen MR) is 123 cm³/mol. The zero-order valence-corrected chi connectivity index (χ0v) is 19.4. The average molecular weight is 446 g/mol. The minimum absolute atomic E-state index is 0.0316. The van der Waals surface area contributed by atoms with Crippen LogP contribution in [0, 0.1) is 0 Å². The Hall–Kier alpha value is -2.58. The van der Waals surface area contributed by atoms with Crippen LogP contribution in [0.1, 0.15) is 32.8 Å². The number of hydrogen-bond donors (Lipinski definition) is 1. The molecule has 2 aromatic carbocycles. The minimum Gasteiger partial charge on any atom is -0.495 e. The van der Waals surface area contributed by atoms with Crippen molar-refractivity contribution >= 4 is 27.3 Å². The van der Waals surface area contributed by atoms with Gasteiger partial charge >= 0.3 is 0 Å². The van der Waals surface area contributed by atoms with Gasteiger partial charge in [0, 0.05) is 24.8 Å². The molecule has 3 rings (SSSR count). The van der Waals surface area contributed by atoms with E-state index in [4.69, 9.17) is 4.74 Å². The number of aryl methyl sites for hydroxylation is 1. The van der Waals surface area contributed by atoms with Crippen LogP contribution in [-0.4, -0.2) is 51.4 Å². The fourth-order valence-electron chi connectivity index (χ4n) is 4.02. The molecule has 1 unspecified atom stereocenters. The highest BCUT2D eigenvalue weighted by Gasteiger charge is 2.28. The lowest BCUT2D eigenvalue weighted by Crippen LogP contribution is -2.44. The number of nitrogens with one attached hydrogen (secondary N) is 1. The third-order valence-electron chi connectivity index (χ3n) is 5.74. The first-order valence-corrected chi connectivity index (χ1v) is 12.1. The standard InChI is InChI=1S/C23H31N3O4S/c1-5-25(6-2)31(28,29)19-13-14-22(30-4)20(15-19)24-16-23(27)26-17(3)11-12-18-9-7-8-10-21(18)26/h7-10,13-15,17,24H,5-6,11-12,16H2,1-4H3. The number of methoxy groups -OCH3 is 1. The van der Waals surface area contributed by atoms with Crippen molar-refractivity contribution < 1.29 is 17.9 Å². The Balaban J connectivity index is 1.84. The molecule has 1 aliphatic heterocycles. The highest BCUT2D eigenvalue weighted by atomic mass is 32.2. The molecule has 168 valence electrons. The molecular weight excluding hydrogens is 414 g/mol. The number of ether oxygens (including phenoxy) is 1. The maximum Gasteiger partial charge on any atom is 0.246 e. The number of amides is 1. The molecule has 0 saturated carbocycles. The van der Waals surface area contributed by atoms with Gasteiger partial charge in [0.2, 0.25) is 15.9 Å². The fourth-order valence-corrected chi connectivity index (χ4v) is 5.51. The van der Waals surface area contributed by atoms with Gasteiger partial charge in [-0.15, -0.1) is 0 Å². The average Bonchev–Trinajstić information content (AvgIpc) is 2.77. The van der Waals surface area contributed by atoms with E-state index in [2.05, 4.69) is 11.4 Å². The Bertz CT molecular complexity index is 1030. The maximum absolute atomic E-state index is 13.1. The second kappa shape index (κ2) is 9.70. The van der Waals surface area contributed by atoms with E-state index in [9.17, 15) is 13.2 Å². The van der Waals surface area contributed by atoms with E-state index >= 15 is 0 Å². The Morgan fingerprint density at radius 3 is 2.58 bits per heavy atom. The number of hydrogen-bond acceptors (Lipinski definition) is 5. The van der Waals surface area contributed by atoms with Crippen molar-refractivity contribution in [2.45, 2.75) is 44.6 Å².